The van der Waals surface area contributed by atoms with Crippen LogP contribution in [0.25, 0.3) is 0 Å². The first kappa shape index (κ1) is 17.4. The third-order valence-corrected chi connectivity index (χ3v) is 3.36. The lowest BCUT2D eigenvalue weighted by molar-refractivity contribution is -0.864. The third-order valence-electron chi connectivity index (χ3n) is 3.36. The average molecular weight is 350 g/mol. The van der Waals surface area contributed by atoms with Crippen molar-refractivity contribution in [2.45, 2.75) is 13.1 Å². The highest BCUT2D eigenvalue weighted by Crippen LogP contribution is 2.18. The van der Waals surface area contributed by atoms with Crippen molar-refractivity contribution < 1.29 is 31.0 Å². The first-order valence-electron chi connectivity index (χ1n) is 6.65. The number of nitrogens with zero attached hydrogens (tertiary/aromatic N) is 1. The molecule has 0 aliphatic rings. The van der Waals surface area contributed by atoms with Crippen LogP contribution >= 0.6 is 0 Å². The van der Waals surface area contributed by atoms with Crippen molar-refractivity contribution in [2.24, 2.45) is 0 Å². The molecule has 0 radical (unpaired) electrons. The highest BCUT2D eigenvalue weighted by atomic mass is 79.9. The summed E-state index contributed by atoms with van der Waals surface area (Å²) < 4.78 is 5.19. The van der Waals surface area contributed by atoms with Crippen LogP contribution in [0.15, 0.2) is 60.7 Å². The number of rotatable bonds is 4. The van der Waals surface area contributed by atoms with Gasteiger partial charge >= 0.3 is 6.09 Å². The minimum atomic E-state index is -0.224. The highest BCUT2D eigenvalue weighted by molar-refractivity contribution is 5.59. The molecule has 0 atom stereocenters. The number of benzene rings is 2. The van der Waals surface area contributed by atoms with Crippen LogP contribution in [-0.2, 0) is 17.8 Å². The van der Waals surface area contributed by atoms with Crippen LogP contribution in [0.3, 0.4) is 0 Å². The Kier molecular flexibility index (Phi) is 6.59. The lowest BCUT2D eigenvalue weighted by Crippen LogP contribution is -3.00. The second-order valence-corrected chi connectivity index (χ2v) is 5.15. The van der Waals surface area contributed by atoms with Gasteiger partial charge < -0.3 is 21.7 Å². The van der Waals surface area contributed by atoms with Gasteiger partial charge in [0.05, 0.1) is 14.2 Å². The molecule has 0 spiro atoms. The Morgan fingerprint density at radius 3 is 1.62 bits per heavy atom. The molecule has 0 N–H and O–H groups in total. The Balaban J connectivity index is 0.00000220. The molecule has 21 heavy (non-hydrogen) atoms. The van der Waals surface area contributed by atoms with E-state index >= 15 is 0 Å². The molecule has 2 aromatic rings. The van der Waals surface area contributed by atoms with Crippen molar-refractivity contribution in [1.82, 2.24) is 0 Å². The fraction of sp³-hybridized carbons (Fsp3) is 0.235. The topological polar surface area (TPSA) is 26.3 Å². The summed E-state index contributed by atoms with van der Waals surface area (Å²) in [7, 11) is 3.35. The number of methoxy groups -OCH3 is 1. The number of carbonyl (C=O) groups excluding carboxylic acids is 1. The van der Waals surface area contributed by atoms with Gasteiger partial charge in [-0.15, -0.1) is 0 Å². The monoisotopic (exact) mass is 349 g/mol. The van der Waals surface area contributed by atoms with Crippen LogP contribution in [0.5, 0.6) is 0 Å². The van der Waals surface area contributed by atoms with E-state index in [0.717, 1.165) is 11.1 Å². The predicted octanol–water partition coefficient (Wildman–Crippen LogP) is 0.604. The Hall–Kier alpha value is -1.65. The Morgan fingerprint density at radius 2 is 1.29 bits per heavy atom. The molecule has 0 fully saturated rings. The first-order chi connectivity index (χ1) is 9.64. The predicted molar refractivity (Wildman–Crippen MR) is 78.9 cm³/mol. The fourth-order valence-corrected chi connectivity index (χ4v) is 2.38. The summed E-state index contributed by atoms with van der Waals surface area (Å²) in [5.74, 6) is 0. The number of amides is 1. The molecule has 1 amide bonds. The molecule has 0 unspecified atom stereocenters. The number of halogens is 1. The molecule has 2 rings (SSSR count). The number of hydrogen-bond acceptors (Lipinski definition) is 2. The molecule has 0 saturated heterocycles. The molecule has 0 aliphatic carbocycles. The van der Waals surface area contributed by atoms with E-state index in [1.807, 2.05) is 67.7 Å². The summed E-state index contributed by atoms with van der Waals surface area (Å²) in [5.41, 5.74) is 2.24. The quantitative estimate of drug-likeness (QED) is 0.756. The van der Waals surface area contributed by atoms with Gasteiger partial charge in [0.25, 0.3) is 0 Å². The molecule has 2 aromatic carbocycles. The van der Waals surface area contributed by atoms with Crippen molar-refractivity contribution in [1.29, 1.82) is 0 Å². The van der Waals surface area contributed by atoms with Crippen LogP contribution in [0.2, 0.25) is 0 Å². The smallest absolute Gasteiger partial charge is 0.516 e. The summed E-state index contributed by atoms with van der Waals surface area (Å²) in [4.78, 5) is 12.2. The van der Waals surface area contributed by atoms with Gasteiger partial charge in [-0.3, -0.25) is 0 Å². The zero-order valence-corrected chi connectivity index (χ0v) is 13.9. The van der Waals surface area contributed by atoms with Gasteiger partial charge in [-0.1, -0.05) is 60.7 Å². The average Bonchev–Trinajstić information content (AvgIpc) is 2.48. The molecule has 0 saturated carbocycles. The number of hydrogen-bond donors (Lipinski definition) is 0. The van der Waals surface area contributed by atoms with E-state index in [1.54, 1.807) is 0 Å². The molecule has 0 aliphatic heterocycles. The van der Waals surface area contributed by atoms with Crippen molar-refractivity contribution in [3.8, 4) is 0 Å². The molecule has 3 nitrogen and oxygen atoms in total. The van der Waals surface area contributed by atoms with Crippen molar-refractivity contribution in [3.63, 3.8) is 0 Å². The van der Waals surface area contributed by atoms with Crippen LogP contribution in [0, 0.1) is 0 Å². The Morgan fingerprint density at radius 1 is 0.905 bits per heavy atom. The van der Waals surface area contributed by atoms with E-state index in [0.29, 0.717) is 13.1 Å². The normalized spacial score (nSPS) is 10.6. The van der Waals surface area contributed by atoms with Crippen LogP contribution in [-0.4, -0.2) is 24.7 Å². The summed E-state index contributed by atoms with van der Waals surface area (Å²) in [6.07, 6.45) is -0.224. The van der Waals surface area contributed by atoms with Crippen molar-refractivity contribution in [3.05, 3.63) is 71.8 Å². The molecule has 4 heteroatoms. The van der Waals surface area contributed by atoms with Gasteiger partial charge in [-0.25, -0.2) is 4.48 Å². The maximum Gasteiger partial charge on any atom is 0.516 e. The van der Waals surface area contributed by atoms with E-state index in [9.17, 15) is 4.79 Å². The minimum Gasteiger partial charge on any atom is -1.00 e. The largest absolute Gasteiger partial charge is 1.00 e. The second-order valence-electron chi connectivity index (χ2n) is 5.15. The van der Waals surface area contributed by atoms with E-state index in [-0.39, 0.29) is 27.6 Å². The molecule has 0 bridgehead atoms. The van der Waals surface area contributed by atoms with Crippen LogP contribution in [0.1, 0.15) is 11.1 Å². The fourth-order valence-electron chi connectivity index (χ4n) is 2.38. The maximum atomic E-state index is 12.2. The second kappa shape index (κ2) is 7.96. The Labute approximate surface area is 136 Å². The minimum absolute atomic E-state index is 0. The summed E-state index contributed by atoms with van der Waals surface area (Å²) in [6.45, 7) is 1.23. The summed E-state index contributed by atoms with van der Waals surface area (Å²) in [6, 6.07) is 20.0. The van der Waals surface area contributed by atoms with Crippen LogP contribution < -0.4 is 17.0 Å². The van der Waals surface area contributed by atoms with E-state index < -0.39 is 0 Å². The SMILES string of the molecule is COC(=O)[N+](C)(Cc1ccccc1)Cc1ccccc1.[Br-]. The Bertz CT molecular complexity index is 516. The molecular formula is C17H20BrNO2. The molecule has 112 valence electrons. The summed E-state index contributed by atoms with van der Waals surface area (Å²) >= 11 is 0. The van der Waals surface area contributed by atoms with Gasteiger partial charge in [0.2, 0.25) is 0 Å². The van der Waals surface area contributed by atoms with Gasteiger partial charge in [0, 0.05) is 11.1 Å². The standard InChI is InChI=1S/C17H20NO2.BrH/c1-18(17(19)20-2,13-15-9-5-3-6-10-15)14-16-11-7-4-8-12-16;/h3-12H,13-14H2,1-2H3;1H/q+1;/p-1. The van der Waals surface area contributed by atoms with Crippen LogP contribution in [0.4, 0.5) is 4.79 Å². The zero-order chi connectivity index (χ0) is 14.4. The lowest BCUT2D eigenvalue weighted by Gasteiger charge is -2.29. The van der Waals surface area contributed by atoms with E-state index in [2.05, 4.69) is 0 Å². The number of quaternary nitrogens is 1. The first-order valence-corrected chi connectivity index (χ1v) is 6.65. The van der Waals surface area contributed by atoms with Gasteiger partial charge in [0.15, 0.2) is 0 Å². The maximum absolute atomic E-state index is 12.2. The summed E-state index contributed by atoms with van der Waals surface area (Å²) in [5, 5.41) is 0. The highest BCUT2D eigenvalue weighted by Gasteiger charge is 2.33. The van der Waals surface area contributed by atoms with Crippen molar-refractivity contribution in [2.75, 3.05) is 14.2 Å². The van der Waals surface area contributed by atoms with E-state index in [1.165, 1.54) is 7.11 Å². The molecule has 0 heterocycles. The molecule has 0 aromatic heterocycles. The van der Waals surface area contributed by atoms with Gasteiger partial charge in [0.1, 0.15) is 13.1 Å². The molecular weight excluding hydrogens is 330 g/mol. The number of ether oxygens (including phenoxy) is 1. The van der Waals surface area contributed by atoms with Crippen molar-refractivity contribution >= 4 is 6.09 Å². The van der Waals surface area contributed by atoms with Gasteiger partial charge in [-0.05, 0) is 0 Å². The number of carbonyl (C=O) groups is 1. The van der Waals surface area contributed by atoms with Gasteiger partial charge in [-0.2, -0.15) is 4.79 Å². The lowest BCUT2D eigenvalue weighted by atomic mass is 10.1. The van der Waals surface area contributed by atoms with E-state index in [4.69, 9.17) is 4.74 Å². The zero-order valence-electron chi connectivity index (χ0n) is 12.3. The third kappa shape index (κ3) is 4.69.